The van der Waals surface area contributed by atoms with Crippen molar-refractivity contribution in [3.05, 3.63) is 16.3 Å². The molecule has 0 amide bonds. The van der Waals surface area contributed by atoms with Gasteiger partial charge in [0.1, 0.15) is 16.5 Å². The van der Waals surface area contributed by atoms with Crippen molar-refractivity contribution < 1.29 is 0 Å². The highest BCUT2D eigenvalue weighted by Crippen LogP contribution is 2.41. The van der Waals surface area contributed by atoms with Crippen molar-refractivity contribution in [2.75, 3.05) is 5.32 Å². The Morgan fingerprint density at radius 3 is 2.50 bits per heavy atom. The van der Waals surface area contributed by atoms with Crippen LogP contribution in [0.15, 0.2) is 0 Å². The number of rotatable bonds is 2. The number of nitrogens with one attached hydrogen (secondary N) is 2. The molecule has 0 bridgehead atoms. The maximum absolute atomic E-state index is 4.85. The normalized spacial score (nSPS) is 25.2. The third-order valence-corrected chi connectivity index (χ3v) is 6.95. The van der Waals surface area contributed by atoms with Gasteiger partial charge in [0, 0.05) is 22.0 Å². The fourth-order valence-electron chi connectivity index (χ4n) is 5.17. The van der Waals surface area contributed by atoms with Crippen LogP contribution in [0.3, 0.4) is 0 Å². The second-order valence-electron chi connectivity index (χ2n) is 9.79. The first-order valence-corrected chi connectivity index (χ1v) is 10.8. The number of hydrogen-bond donors (Lipinski definition) is 2. The average molecular weight is 373 g/mol. The molecule has 142 valence electrons. The van der Waals surface area contributed by atoms with Crippen LogP contribution in [0.1, 0.15) is 70.1 Å². The van der Waals surface area contributed by atoms with Gasteiger partial charge in [0.25, 0.3) is 0 Å². The van der Waals surface area contributed by atoms with E-state index in [1.165, 1.54) is 39.9 Å². The number of hydrogen-bond acceptors (Lipinski definition) is 5. The molecule has 2 N–H and O–H groups in total. The van der Waals surface area contributed by atoms with Crippen LogP contribution >= 0.6 is 11.3 Å². The van der Waals surface area contributed by atoms with Crippen molar-refractivity contribution in [3.63, 3.8) is 0 Å². The molecular weight excluding hydrogens is 340 g/mol. The standard InChI is InChI=1S/C21H32N4S/c1-12-7-8-15-16(9-12)26-19-17(15)18(22-13(2)23-19)24-14-10-20(3,4)25-21(5,6)11-14/h12,14,25H,7-11H2,1-6H3,(H,22,23,24). The van der Waals surface area contributed by atoms with Gasteiger partial charge < -0.3 is 10.6 Å². The van der Waals surface area contributed by atoms with Gasteiger partial charge in [0.15, 0.2) is 0 Å². The topological polar surface area (TPSA) is 49.8 Å². The first-order valence-electron chi connectivity index (χ1n) is 9.97. The number of aromatic nitrogens is 2. The molecule has 0 radical (unpaired) electrons. The van der Waals surface area contributed by atoms with Crippen LogP contribution < -0.4 is 10.6 Å². The number of anilines is 1. The Bertz CT molecular complexity index is 820. The van der Waals surface area contributed by atoms with E-state index < -0.39 is 0 Å². The van der Waals surface area contributed by atoms with E-state index in [0.717, 1.165) is 30.4 Å². The predicted octanol–water partition coefficient (Wildman–Crippen LogP) is 4.85. The van der Waals surface area contributed by atoms with E-state index in [9.17, 15) is 0 Å². The summed E-state index contributed by atoms with van der Waals surface area (Å²) >= 11 is 1.89. The van der Waals surface area contributed by atoms with Gasteiger partial charge in [0.2, 0.25) is 0 Å². The first kappa shape index (κ1) is 18.2. The summed E-state index contributed by atoms with van der Waals surface area (Å²) in [6, 6.07) is 0.428. The Kier molecular flexibility index (Phi) is 4.31. The van der Waals surface area contributed by atoms with Crippen molar-refractivity contribution in [2.24, 2.45) is 5.92 Å². The molecule has 2 aromatic rings. The minimum Gasteiger partial charge on any atom is -0.367 e. The molecule has 2 aromatic heterocycles. The summed E-state index contributed by atoms with van der Waals surface area (Å²) < 4.78 is 0. The Hall–Kier alpha value is -1.20. The highest BCUT2D eigenvalue weighted by Gasteiger charge is 2.38. The molecule has 1 aliphatic heterocycles. The summed E-state index contributed by atoms with van der Waals surface area (Å²) in [6.45, 7) is 13.6. The van der Waals surface area contributed by atoms with Gasteiger partial charge in [-0.2, -0.15) is 0 Å². The monoisotopic (exact) mass is 372 g/mol. The lowest BCUT2D eigenvalue weighted by Crippen LogP contribution is -2.60. The van der Waals surface area contributed by atoms with Gasteiger partial charge >= 0.3 is 0 Å². The third kappa shape index (κ3) is 3.48. The zero-order valence-corrected chi connectivity index (χ0v) is 17.8. The highest BCUT2D eigenvalue weighted by molar-refractivity contribution is 7.19. The number of thiophene rings is 1. The maximum atomic E-state index is 4.85. The maximum Gasteiger partial charge on any atom is 0.139 e. The smallest absolute Gasteiger partial charge is 0.139 e. The van der Waals surface area contributed by atoms with E-state index in [-0.39, 0.29) is 11.1 Å². The molecule has 4 rings (SSSR count). The second kappa shape index (κ2) is 6.16. The third-order valence-electron chi connectivity index (χ3n) is 5.80. The van der Waals surface area contributed by atoms with Crippen LogP contribution in [0, 0.1) is 12.8 Å². The molecule has 26 heavy (non-hydrogen) atoms. The molecule has 2 aliphatic rings. The van der Waals surface area contributed by atoms with Crippen molar-refractivity contribution in [2.45, 2.75) is 90.8 Å². The van der Waals surface area contributed by atoms with E-state index in [1.54, 1.807) is 0 Å². The first-order chi connectivity index (χ1) is 12.1. The van der Waals surface area contributed by atoms with Crippen LogP contribution in [0.25, 0.3) is 10.2 Å². The minimum atomic E-state index is 0.129. The molecule has 1 saturated heterocycles. The molecule has 0 saturated carbocycles. The van der Waals surface area contributed by atoms with Crippen LogP contribution in [-0.2, 0) is 12.8 Å². The molecule has 4 nitrogen and oxygen atoms in total. The van der Waals surface area contributed by atoms with E-state index in [4.69, 9.17) is 9.97 Å². The lowest BCUT2D eigenvalue weighted by molar-refractivity contribution is 0.170. The van der Waals surface area contributed by atoms with Crippen LogP contribution in [0.4, 0.5) is 5.82 Å². The zero-order valence-electron chi connectivity index (χ0n) is 17.0. The van der Waals surface area contributed by atoms with E-state index in [1.807, 2.05) is 18.3 Å². The van der Waals surface area contributed by atoms with E-state index in [2.05, 4.69) is 45.3 Å². The van der Waals surface area contributed by atoms with Gasteiger partial charge in [-0.1, -0.05) is 6.92 Å². The van der Waals surface area contributed by atoms with Crippen LogP contribution in [-0.4, -0.2) is 27.1 Å². The number of nitrogens with zero attached hydrogens (tertiary/aromatic N) is 2. The minimum absolute atomic E-state index is 0.129. The zero-order chi connectivity index (χ0) is 18.7. The summed E-state index contributed by atoms with van der Waals surface area (Å²) in [6.07, 6.45) is 5.84. The van der Waals surface area contributed by atoms with Gasteiger partial charge in [-0.3, -0.25) is 0 Å². The molecule has 3 heterocycles. The van der Waals surface area contributed by atoms with Gasteiger partial charge in [0.05, 0.1) is 5.39 Å². The molecule has 1 aliphatic carbocycles. The van der Waals surface area contributed by atoms with Gasteiger partial charge in [-0.25, -0.2) is 9.97 Å². The fraction of sp³-hybridized carbons (Fsp3) is 0.714. The number of piperidine rings is 1. The van der Waals surface area contributed by atoms with Crippen molar-refractivity contribution in [1.82, 2.24) is 15.3 Å². The van der Waals surface area contributed by atoms with Gasteiger partial charge in [-0.05, 0) is 78.2 Å². The number of aryl methyl sites for hydroxylation is 2. The van der Waals surface area contributed by atoms with E-state index in [0.29, 0.717) is 6.04 Å². The quantitative estimate of drug-likeness (QED) is 0.791. The summed E-state index contributed by atoms with van der Waals surface area (Å²) in [7, 11) is 0. The Morgan fingerprint density at radius 2 is 1.81 bits per heavy atom. The summed E-state index contributed by atoms with van der Waals surface area (Å²) in [5.41, 5.74) is 1.77. The lowest BCUT2D eigenvalue weighted by atomic mass is 9.79. The summed E-state index contributed by atoms with van der Waals surface area (Å²) in [5, 5.41) is 8.92. The molecule has 0 aromatic carbocycles. The molecule has 1 atom stereocenters. The highest BCUT2D eigenvalue weighted by atomic mass is 32.1. The molecule has 0 spiro atoms. The van der Waals surface area contributed by atoms with E-state index >= 15 is 0 Å². The Balaban J connectivity index is 1.72. The predicted molar refractivity (Wildman–Crippen MR) is 111 cm³/mol. The largest absolute Gasteiger partial charge is 0.367 e. The molecular formula is C21H32N4S. The molecule has 1 unspecified atom stereocenters. The van der Waals surface area contributed by atoms with Crippen LogP contribution in [0.2, 0.25) is 0 Å². The Labute approximate surface area is 161 Å². The number of fused-ring (bicyclic) bond motifs is 3. The second-order valence-corrected chi connectivity index (χ2v) is 10.9. The molecule has 1 fully saturated rings. The fourth-order valence-corrected chi connectivity index (χ4v) is 6.60. The average Bonchev–Trinajstić information content (AvgIpc) is 2.80. The lowest BCUT2D eigenvalue weighted by Gasteiger charge is -2.46. The van der Waals surface area contributed by atoms with Crippen molar-refractivity contribution >= 4 is 27.4 Å². The molecule has 5 heteroatoms. The van der Waals surface area contributed by atoms with Gasteiger partial charge in [-0.15, -0.1) is 11.3 Å². The SMILES string of the molecule is Cc1nc(NC2CC(C)(C)NC(C)(C)C2)c2c3c(sc2n1)CC(C)CC3. The van der Waals surface area contributed by atoms with Crippen molar-refractivity contribution in [3.8, 4) is 0 Å². The summed E-state index contributed by atoms with van der Waals surface area (Å²) in [4.78, 5) is 12.3. The summed E-state index contributed by atoms with van der Waals surface area (Å²) in [5.74, 6) is 2.73. The van der Waals surface area contributed by atoms with Crippen LogP contribution in [0.5, 0.6) is 0 Å². The Morgan fingerprint density at radius 1 is 1.12 bits per heavy atom. The van der Waals surface area contributed by atoms with Crippen molar-refractivity contribution in [1.29, 1.82) is 0 Å².